The molecule has 0 atom stereocenters. The molecular weight excluding hydrogens is 381 g/mol. The topological polar surface area (TPSA) is 38.8 Å². The highest BCUT2D eigenvalue weighted by atomic mass is 127. The van der Waals surface area contributed by atoms with Crippen LogP contribution in [0.4, 0.5) is 0 Å². The van der Waals surface area contributed by atoms with Crippen molar-refractivity contribution in [2.75, 3.05) is 26.3 Å². The molecule has 0 aromatic heterocycles. The van der Waals surface area contributed by atoms with E-state index in [1.165, 1.54) is 0 Å². The van der Waals surface area contributed by atoms with Crippen LogP contribution >= 0.6 is 22.6 Å². The normalized spacial score (nSPS) is 14.3. The van der Waals surface area contributed by atoms with Gasteiger partial charge in [-0.3, -0.25) is 4.79 Å². The fourth-order valence-corrected chi connectivity index (χ4v) is 3.16. The molecule has 1 saturated heterocycles. The van der Waals surface area contributed by atoms with E-state index in [0.29, 0.717) is 24.5 Å². The van der Waals surface area contributed by atoms with Crippen molar-refractivity contribution in [1.29, 1.82) is 0 Å². The first-order valence-corrected chi connectivity index (χ1v) is 8.63. The molecule has 4 nitrogen and oxygen atoms in total. The molecule has 0 spiro atoms. The Morgan fingerprint density at radius 2 is 1.95 bits per heavy atom. The highest BCUT2D eigenvalue weighted by Crippen LogP contribution is 2.35. The smallest absolute Gasteiger partial charge is 0.254 e. The Labute approximate surface area is 139 Å². The number of carbonyl (C=O) groups excluding carboxylic acids is 1. The summed E-state index contributed by atoms with van der Waals surface area (Å²) in [7, 11) is 0. The van der Waals surface area contributed by atoms with Crippen LogP contribution in [0.15, 0.2) is 12.1 Å². The van der Waals surface area contributed by atoms with Crippen molar-refractivity contribution in [3.63, 3.8) is 0 Å². The minimum Gasteiger partial charge on any atom is -0.490 e. The minimum absolute atomic E-state index is 0.0911. The van der Waals surface area contributed by atoms with E-state index in [0.717, 1.165) is 41.7 Å². The molecule has 1 aromatic carbocycles. The summed E-state index contributed by atoms with van der Waals surface area (Å²) in [4.78, 5) is 14.4. The molecule has 0 saturated carbocycles. The lowest BCUT2D eigenvalue weighted by Gasteiger charge is -2.18. The first-order valence-electron chi connectivity index (χ1n) is 7.55. The van der Waals surface area contributed by atoms with Crippen molar-refractivity contribution in [1.82, 2.24) is 4.90 Å². The Balaban J connectivity index is 2.28. The van der Waals surface area contributed by atoms with Gasteiger partial charge in [0.2, 0.25) is 0 Å². The van der Waals surface area contributed by atoms with Crippen molar-refractivity contribution in [3.8, 4) is 11.5 Å². The summed E-state index contributed by atoms with van der Waals surface area (Å²) in [5.74, 6) is 1.51. The lowest BCUT2D eigenvalue weighted by Crippen LogP contribution is -2.27. The van der Waals surface area contributed by atoms with Gasteiger partial charge in [0, 0.05) is 18.7 Å². The highest BCUT2D eigenvalue weighted by molar-refractivity contribution is 14.1. The maximum Gasteiger partial charge on any atom is 0.254 e. The molecule has 0 aliphatic carbocycles. The maximum atomic E-state index is 12.5. The van der Waals surface area contributed by atoms with E-state index >= 15 is 0 Å². The molecule has 1 fully saturated rings. The van der Waals surface area contributed by atoms with Gasteiger partial charge in [-0.2, -0.15) is 0 Å². The largest absolute Gasteiger partial charge is 0.490 e. The summed E-state index contributed by atoms with van der Waals surface area (Å²) in [6.07, 6.45) is 3.13. The van der Waals surface area contributed by atoms with E-state index in [1.54, 1.807) is 0 Å². The molecule has 0 N–H and O–H groups in total. The van der Waals surface area contributed by atoms with Crippen LogP contribution < -0.4 is 9.47 Å². The highest BCUT2D eigenvalue weighted by Gasteiger charge is 2.22. The predicted octanol–water partition coefficient (Wildman–Crippen LogP) is 3.71. The second-order valence-electron chi connectivity index (χ2n) is 5.07. The second-order valence-corrected chi connectivity index (χ2v) is 6.23. The Bertz CT molecular complexity index is 499. The van der Waals surface area contributed by atoms with E-state index in [9.17, 15) is 4.79 Å². The number of nitrogens with zero attached hydrogens (tertiary/aromatic N) is 1. The number of likely N-dealkylation sites (tertiary alicyclic amines) is 1. The summed E-state index contributed by atoms with van der Waals surface area (Å²) < 4.78 is 12.4. The first-order chi connectivity index (χ1) is 10.2. The van der Waals surface area contributed by atoms with Gasteiger partial charge < -0.3 is 14.4 Å². The predicted molar refractivity (Wildman–Crippen MR) is 91.3 cm³/mol. The lowest BCUT2D eigenvalue weighted by atomic mass is 10.1. The number of hydrogen-bond donors (Lipinski definition) is 0. The summed E-state index contributed by atoms with van der Waals surface area (Å²) in [6, 6.07) is 3.71. The molecule has 0 radical (unpaired) electrons. The third-order valence-corrected chi connectivity index (χ3v) is 4.20. The summed E-state index contributed by atoms with van der Waals surface area (Å²) in [5, 5.41) is 0. The molecule has 5 heteroatoms. The number of halogens is 1. The van der Waals surface area contributed by atoms with E-state index in [4.69, 9.17) is 9.47 Å². The van der Waals surface area contributed by atoms with Gasteiger partial charge in [-0.1, -0.05) is 6.92 Å². The van der Waals surface area contributed by atoms with Crippen LogP contribution in [0.25, 0.3) is 0 Å². The second kappa shape index (κ2) is 7.87. The Morgan fingerprint density at radius 1 is 1.24 bits per heavy atom. The van der Waals surface area contributed by atoms with Gasteiger partial charge >= 0.3 is 0 Å². The number of amides is 1. The van der Waals surface area contributed by atoms with Gasteiger partial charge in [-0.15, -0.1) is 0 Å². The van der Waals surface area contributed by atoms with Crippen LogP contribution in [0.3, 0.4) is 0 Å². The fourth-order valence-electron chi connectivity index (χ4n) is 2.40. The molecule has 21 heavy (non-hydrogen) atoms. The molecule has 1 aliphatic rings. The molecule has 2 rings (SSSR count). The molecule has 1 heterocycles. The van der Waals surface area contributed by atoms with Gasteiger partial charge in [0.15, 0.2) is 11.5 Å². The molecule has 1 aliphatic heterocycles. The van der Waals surface area contributed by atoms with Crippen LogP contribution in [-0.4, -0.2) is 37.1 Å². The zero-order valence-corrected chi connectivity index (χ0v) is 14.8. The number of carbonyl (C=O) groups is 1. The minimum atomic E-state index is 0.0911. The van der Waals surface area contributed by atoms with Gasteiger partial charge in [-0.25, -0.2) is 0 Å². The fraction of sp³-hybridized carbons (Fsp3) is 0.562. The Kier molecular flexibility index (Phi) is 6.14. The van der Waals surface area contributed by atoms with Crippen LogP contribution in [0, 0.1) is 3.57 Å². The van der Waals surface area contributed by atoms with Gasteiger partial charge in [0.05, 0.1) is 16.8 Å². The van der Waals surface area contributed by atoms with Gasteiger partial charge in [0.1, 0.15) is 0 Å². The van der Waals surface area contributed by atoms with Crippen LogP contribution in [-0.2, 0) is 0 Å². The zero-order chi connectivity index (χ0) is 15.2. The number of rotatable bonds is 6. The number of benzene rings is 1. The third-order valence-electron chi connectivity index (χ3n) is 3.40. The molecule has 0 unspecified atom stereocenters. The van der Waals surface area contributed by atoms with E-state index in [-0.39, 0.29) is 5.91 Å². The first kappa shape index (κ1) is 16.4. The van der Waals surface area contributed by atoms with Crippen LogP contribution in [0.2, 0.25) is 0 Å². The van der Waals surface area contributed by atoms with E-state index < -0.39 is 0 Å². The molecule has 0 bridgehead atoms. The lowest BCUT2D eigenvalue weighted by molar-refractivity contribution is 0.0792. The van der Waals surface area contributed by atoms with Crippen molar-refractivity contribution < 1.29 is 14.3 Å². The van der Waals surface area contributed by atoms with Gasteiger partial charge in [0.25, 0.3) is 5.91 Å². The monoisotopic (exact) mass is 403 g/mol. The van der Waals surface area contributed by atoms with Crippen molar-refractivity contribution in [2.24, 2.45) is 0 Å². The summed E-state index contributed by atoms with van der Waals surface area (Å²) >= 11 is 2.21. The number of hydrogen-bond acceptors (Lipinski definition) is 3. The summed E-state index contributed by atoms with van der Waals surface area (Å²) in [5.41, 5.74) is 0.689. The SMILES string of the molecule is CCCOc1c(I)cc(C(=O)N2CCCC2)cc1OCC. The van der Waals surface area contributed by atoms with E-state index in [2.05, 4.69) is 29.5 Å². The van der Waals surface area contributed by atoms with E-state index in [1.807, 2.05) is 24.0 Å². The molecule has 1 amide bonds. The van der Waals surface area contributed by atoms with Crippen LogP contribution in [0.1, 0.15) is 43.5 Å². The Morgan fingerprint density at radius 3 is 2.57 bits per heavy atom. The maximum absolute atomic E-state index is 12.5. The Hall–Kier alpha value is -0.980. The zero-order valence-electron chi connectivity index (χ0n) is 12.7. The van der Waals surface area contributed by atoms with Crippen molar-refractivity contribution in [2.45, 2.75) is 33.1 Å². The standard InChI is InChI=1S/C16H22INO3/c1-3-9-21-15-13(17)10-12(11-14(15)20-4-2)16(19)18-7-5-6-8-18/h10-11H,3-9H2,1-2H3. The molecular formula is C16H22INO3. The average molecular weight is 403 g/mol. The molecule has 116 valence electrons. The summed E-state index contributed by atoms with van der Waals surface area (Å²) in [6.45, 7) is 6.92. The third kappa shape index (κ3) is 4.02. The van der Waals surface area contributed by atoms with Gasteiger partial charge in [-0.05, 0) is 60.9 Å². The van der Waals surface area contributed by atoms with Crippen LogP contribution in [0.5, 0.6) is 11.5 Å². The van der Waals surface area contributed by atoms with Crippen molar-refractivity contribution in [3.05, 3.63) is 21.3 Å². The molecule has 1 aromatic rings. The average Bonchev–Trinajstić information content (AvgIpc) is 3.00. The quantitative estimate of drug-likeness (QED) is 0.680. The van der Waals surface area contributed by atoms with Crippen molar-refractivity contribution >= 4 is 28.5 Å². The number of ether oxygens (including phenoxy) is 2.